The van der Waals surface area contributed by atoms with Crippen molar-refractivity contribution in [1.82, 2.24) is 0 Å². The monoisotopic (exact) mass is 650 g/mol. The minimum absolute atomic E-state index is 0.0536. The average molecular weight is 650 g/mol. The third kappa shape index (κ3) is 6.08. The summed E-state index contributed by atoms with van der Waals surface area (Å²) < 4.78 is 7.64. The average Bonchev–Trinajstić information content (AvgIpc) is 2.77. The molecule has 0 aliphatic carbocycles. The first-order valence-corrected chi connectivity index (χ1v) is 11.5. The summed E-state index contributed by atoms with van der Waals surface area (Å²) in [6.45, 7) is 0.427. The van der Waals surface area contributed by atoms with Crippen LogP contribution in [0.2, 0.25) is 0 Å². The highest BCUT2D eigenvalue weighted by Crippen LogP contribution is 2.30. The molecule has 1 amide bonds. The van der Waals surface area contributed by atoms with Crippen molar-refractivity contribution in [2.45, 2.75) is 6.61 Å². The van der Waals surface area contributed by atoms with E-state index in [9.17, 15) is 20.0 Å². The van der Waals surface area contributed by atoms with Gasteiger partial charge in [0.2, 0.25) is 0 Å². The van der Waals surface area contributed by atoms with Crippen LogP contribution >= 0.6 is 45.2 Å². The van der Waals surface area contributed by atoms with Crippen molar-refractivity contribution in [3.05, 3.63) is 96.1 Å². The Morgan fingerprint density at radius 2 is 1.66 bits per heavy atom. The lowest BCUT2D eigenvalue weighted by Crippen LogP contribution is -2.16. The molecule has 0 aliphatic heterocycles. The highest BCUT2D eigenvalue weighted by atomic mass is 127. The van der Waals surface area contributed by atoms with Gasteiger partial charge in [-0.05, 0) is 86.7 Å². The number of amides is 1. The Bertz CT molecular complexity index is 1210. The molecule has 0 aromatic heterocycles. The van der Waals surface area contributed by atoms with Crippen molar-refractivity contribution < 1.29 is 19.4 Å². The number of rotatable bonds is 7. The second-order valence-corrected chi connectivity index (χ2v) is 8.89. The third-order valence-corrected chi connectivity index (χ3v) is 5.93. The zero-order valence-corrected chi connectivity index (χ0v) is 20.8. The van der Waals surface area contributed by atoms with Gasteiger partial charge in [-0.2, -0.15) is 5.26 Å². The lowest BCUT2D eigenvalue weighted by molar-refractivity contribution is -0.112. The Labute approximate surface area is 212 Å². The molecule has 0 atom stereocenters. The summed E-state index contributed by atoms with van der Waals surface area (Å²) in [5.74, 6) is -1.13. The number of carboxylic acid groups (broad SMARTS) is 1. The summed E-state index contributed by atoms with van der Waals surface area (Å²) in [4.78, 5) is 23.9. The first-order valence-electron chi connectivity index (χ1n) is 9.30. The summed E-state index contributed by atoms with van der Waals surface area (Å²) in [6, 6.07) is 21.4. The lowest BCUT2D eigenvalue weighted by atomic mass is 10.1. The van der Waals surface area contributed by atoms with Crippen molar-refractivity contribution in [2.24, 2.45) is 0 Å². The highest BCUT2D eigenvalue weighted by Gasteiger charge is 2.16. The number of carboxylic acids is 1. The summed E-state index contributed by atoms with van der Waals surface area (Å²) in [5.41, 5.74) is 1.63. The van der Waals surface area contributed by atoms with Crippen molar-refractivity contribution in [2.75, 3.05) is 5.32 Å². The predicted molar refractivity (Wildman–Crippen MR) is 138 cm³/mol. The number of ether oxygens (including phenoxy) is 1. The number of nitriles is 1. The molecule has 8 heteroatoms. The van der Waals surface area contributed by atoms with Crippen molar-refractivity contribution >= 4 is 68.8 Å². The molecule has 2 N–H and O–H groups in total. The number of hydrogen-bond donors (Lipinski definition) is 2. The number of carbonyl (C=O) groups is 2. The van der Waals surface area contributed by atoms with Crippen LogP contribution in [0, 0.1) is 18.5 Å². The third-order valence-electron chi connectivity index (χ3n) is 4.33. The van der Waals surface area contributed by atoms with Crippen LogP contribution in [0.25, 0.3) is 6.08 Å². The molecular weight excluding hydrogens is 634 g/mol. The fraction of sp³-hybridized carbons (Fsp3) is 0.0417. The van der Waals surface area contributed by atoms with Crippen molar-refractivity contribution in [1.29, 1.82) is 5.26 Å². The number of carbonyl (C=O) groups excluding carboxylic acids is 1. The lowest BCUT2D eigenvalue weighted by Gasteiger charge is -2.12. The van der Waals surface area contributed by atoms with Gasteiger partial charge in [0, 0.05) is 0 Å². The van der Waals surface area contributed by atoms with E-state index in [0.29, 0.717) is 12.2 Å². The van der Waals surface area contributed by atoms with E-state index < -0.39 is 11.9 Å². The van der Waals surface area contributed by atoms with Crippen LogP contribution in [0.3, 0.4) is 0 Å². The Balaban J connectivity index is 1.80. The molecule has 160 valence electrons. The molecule has 0 heterocycles. The summed E-state index contributed by atoms with van der Waals surface area (Å²) in [6.07, 6.45) is 1.46. The molecule has 0 spiro atoms. The van der Waals surface area contributed by atoms with Gasteiger partial charge in [0.15, 0.2) is 0 Å². The number of nitrogens with one attached hydrogen (secondary N) is 1. The maximum Gasteiger partial charge on any atom is 0.337 e. The molecule has 3 aromatic rings. The van der Waals surface area contributed by atoms with Gasteiger partial charge in [0.1, 0.15) is 24.0 Å². The molecule has 3 aromatic carbocycles. The van der Waals surface area contributed by atoms with E-state index in [1.165, 1.54) is 18.2 Å². The van der Waals surface area contributed by atoms with Gasteiger partial charge in [-0.25, -0.2) is 4.79 Å². The van der Waals surface area contributed by atoms with E-state index in [4.69, 9.17) is 4.74 Å². The van der Waals surface area contributed by atoms with Crippen LogP contribution in [0.1, 0.15) is 21.5 Å². The van der Waals surface area contributed by atoms with Crippen LogP contribution in [0.5, 0.6) is 5.75 Å². The summed E-state index contributed by atoms with van der Waals surface area (Å²) in [7, 11) is 0. The summed E-state index contributed by atoms with van der Waals surface area (Å²) >= 11 is 4.31. The van der Waals surface area contributed by atoms with Gasteiger partial charge in [-0.3, -0.25) is 4.79 Å². The van der Waals surface area contributed by atoms with E-state index in [0.717, 1.165) is 18.5 Å². The quantitative estimate of drug-likeness (QED) is 0.194. The van der Waals surface area contributed by atoms with Gasteiger partial charge in [0.25, 0.3) is 5.91 Å². The van der Waals surface area contributed by atoms with E-state index in [1.54, 1.807) is 12.1 Å². The van der Waals surface area contributed by atoms with E-state index in [2.05, 4.69) is 50.5 Å². The van der Waals surface area contributed by atoms with Crippen LogP contribution in [0.4, 0.5) is 5.69 Å². The standard InChI is InChI=1S/C24H16I2N2O4/c25-19-11-16(12-20(26)22(19)32-14-15-6-2-1-3-7-15)10-17(13-27)23(29)28-21-9-5-4-8-18(21)24(30)31/h1-12H,14H2,(H,28,29)(H,30,31)/b17-10+. The van der Waals surface area contributed by atoms with Crippen molar-refractivity contribution in [3.63, 3.8) is 0 Å². The maximum absolute atomic E-state index is 12.6. The maximum atomic E-state index is 12.6. The Morgan fingerprint density at radius 1 is 1.03 bits per heavy atom. The predicted octanol–water partition coefficient (Wildman–Crippen LogP) is 5.72. The largest absolute Gasteiger partial charge is 0.487 e. The molecule has 0 aliphatic rings. The second kappa shape index (κ2) is 11.1. The SMILES string of the molecule is N#C/C(=C\c1cc(I)c(OCc2ccccc2)c(I)c1)C(=O)Nc1ccccc1C(=O)O. The molecule has 0 fully saturated rings. The van der Waals surface area contributed by atoms with Gasteiger partial charge in [-0.15, -0.1) is 0 Å². The fourth-order valence-electron chi connectivity index (χ4n) is 2.81. The van der Waals surface area contributed by atoms with Crippen LogP contribution in [-0.4, -0.2) is 17.0 Å². The Morgan fingerprint density at radius 3 is 2.28 bits per heavy atom. The fourth-order valence-corrected chi connectivity index (χ4v) is 4.94. The van der Waals surface area contributed by atoms with Gasteiger partial charge < -0.3 is 15.2 Å². The smallest absolute Gasteiger partial charge is 0.337 e. The second-order valence-electron chi connectivity index (χ2n) is 6.56. The minimum Gasteiger partial charge on any atom is -0.487 e. The molecule has 0 bridgehead atoms. The number of benzene rings is 3. The van der Waals surface area contributed by atoms with Crippen LogP contribution in [-0.2, 0) is 11.4 Å². The van der Waals surface area contributed by atoms with Gasteiger partial charge in [0.05, 0.1) is 18.4 Å². The van der Waals surface area contributed by atoms with Crippen LogP contribution in [0.15, 0.2) is 72.3 Å². The number of halogens is 2. The molecule has 0 saturated heterocycles. The molecule has 3 rings (SSSR count). The number of hydrogen-bond acceptors (Lipinski definition) is 4. The molecule has 0 saturated carbocycles. The van der Waals surface area contributed by atoms with E-state index in [-0.39, 0.29) is 16.8 Å². The first-order chi connectivity index (χ1) is 15.4. The van der Waals surface area contributed by atoms with Gasteiger partial charge >= 0.3 is 5.97 Å². The van der Waals surface area contributed by atoms with Crippen LogP contribution < -0.4 is 10.1 Å². The van der Waals surface area contributed by atoms with Gasteiger partial charge in [-0.1, -0.05) is 42.5 Å². The molecule has 6 nitrogen and oxygen atoms in total. The number of para-hydroxylation sites is 1. The van der Waals surface area contributed by atoms with E-state index in [1.807, 2.05) is 48.5 Å². The number of aromatic carboxylic acids is 1. The van der Waals surface area contributed by atoms with Crippen molar-refractivity contribution in [3.8, 4) is 11.8 Å². The zero-order valence-electron chi connectivity index (χ0n) is 16.5. The Hall–Kier alpha value is -2.91. The molecular formula is C24H16I2N2O4. The molecule has 32 heavy (non-hydrogen) atoms. The topological polar surface area (TPSA) is 99.4 Å². The normalized spacial score (nSPS) is 10.8. The van der Waals surface area contributed by atoms with E-state index >= 15 is 0 Å². The summed E-state index contributed by atoms with van der Waals surface area (Å²) in [5, 5.41) is 21.3. The Kier molecular flexibility index (Phi) is 8.24. The number of anilines is 1. The molecule has 0 radical (unpaired) electrons. The zero-order chi connectivity index (χ0) is 23.1. The number of nitrogens with zero attached hydrogens (tertiary/aromatic N) is 1. The molecule has 0 unspecified atom stereocenters. The first kappa shape index (κ1) is 23.7. The minimum atomic E-state index is -1.17. The highest BCUT2D eigenvalue weighted by molar-refractivity contribution is 14.1.